The van der Waals surface area contributed by atoms with E-state index in [2.05, 4.69) is 20.9 Å². The number of carbonyl (C=O) groups excluding carboxylic acids is 3. The molecule has 4 amide bonds. The van der Waals surface area contributed by atoms with Gasteiger partial charge < -0.3 is 10.6 Å². The second-order valence-electron chi connectivity index (χ2n) is 7.51. The highest BCUT2D eigenvalue weighted by Crippen LogP contribution is 2.25. The van der Waals surface area contributed by atoms with E-state index in [1.807, 2.05) is 13.0 Å². The van der Waals surface area contributed by atoms with Crippen molar-refractivity contribution in [2.75, 3.05) is 5.32 Å². The Morgan fingerprint density at radius 3 is 2.81 bits per heavy atom. The van der Waals surface area contributed by atoms with Crippen LogP contribution in [0.5, 0.6) is 0 Å². The van der Waals surface area contributed by atoms with Crippen LogP contribution >= 0.6 is 22.9 Å². The summed E-state index contributed by atoms with van der Waals surface area (Å²) < 4.78 is 1.73. The Bertz CT molecular complexity index is 1320. The molecule has 4 rings (SSSR count). The van der Waals surface area contributed by atoms with Crippen molar-refractivity contribution in [2.45, 2.75) is 39.3 Å². The van der Waals surface area contributed by atoms with E-state index in [-0.39, 0.29) is 30.9 Å². The van der Waals surface area contributed by atoms with Crippen molar-refractivity contribution in [3.05, 3.63) is 55.9 Å². The third-order valence-electron chi connectivity index (χ3n) is 5.26. The van der Waals surface area contributed by atoms with Crippen molar-refractivity contribution in [2.24, 2.45) is 0 Å². The third-order valence-corrected chi connectivity index (χ3v) is 6.68. The summed E-state index contributed by atoms with van der Waals surface area (Å²) in [5, 5.41) is 10.1. The number of carbonyl (C=O) groups is 3. The van der Waals surface area contributed by atoms with Crippen LogP contribution < -0.4 is 21.5 Å². The molecule has 3 N–H and O–H groups in total. The molecule has 1 aliphatic heterocycles. The Morgan fingerprint density at radius 1 is 1.31 bits per heavy atom. The fourth-order valence-corrected chi connectivity index (χ4v) is 4.70. The summed E-state index contributed by atoms with van der Waals surface area (Å²) >= 11 is 7.29. The van der Waals surface area contributed by atoms with E-state index in [0.29, 0.717) is 32.3 Å². The number of aromatic nitrogens is 2. The predicted octanol–water partition coefficient (Wildman–Crippen LogP) is 3.03. The monoisotopic (exact) mass is 473 g/mol. The maximum Gasteiger partial charge on any atom is 0.319 e. The SMILES string of the molecule is Cc1ccc(NC(=O)NCc2csc3c(=O)n(C4CCC(=O)NC4=O)c(C)nc23)cc1Cl. The second kappa shape index (κ2) is 8.71. The molecule has 1 aliphatic rings. The number of benzene rings is 1. The van der Waals surface area contributed by atoms with E-state index in [0.717, 1.165) is 5.56 Å². The molecule has 3 aromatic rings. The molecule has 32 heavy (non-hydrogen) atoms. The van der Waals surface area contributed by atoms with Crippen molar-refractivity contribution in [3.8, 4) is 0 Å². The number of imide groups is 1. The van der Waals surface area contributed by atoms with E-state index < -0.39 is 18.0 Å². The first kappa shape index (κ1) is 22.0. The van der Waals surface area contributed by atoms with Gasteiger partial charge in [-0.15, -0.1) is 11.3 Å². The average molecular weight is 474 g/mol. The van der Waals surface area contributed by atoms with Crippen LogP contribution in [0.15, 0.2) is 28.4 Å². The summed E-state index contributed by atoms with van der Waals surface area (Å²) in [6.07, 6.45) is 0.419. The summed E-state index contributed by atoms with van der Waals surface area (Å²) in [5.41, 5.74) is 2.32. The van der Waals surface area contributed by atoms with E-state index in [1.165, 1.54) is 15.9 Å². The molecule has 1 fully saturated rings. The Hall–Kier alpha value is -3.24. The number of anilines is 1. The number of hydrogen-bond acceptors (Lipinski definition) is 6. The zero-order chi connectivity index (χ0) is 23.0. The van der Waals surface area contributed by atoms with Crippen LogP contribution in [0.3, 0.4) is 0 Å². The lowest BCUT2D eigenvalue weighted by Crippen LogP contribution is -2.45. The molecule has 0 aliphatic carbocycles. The molecule has 0 radical (unpaired) electrons. The standard InChI is InChI=1S/C21H20ClN5O4S/c1-10-3-4-13(7-14(10)22)25-21(31)23-8-12-9-32-18-17(12)24-11(2)27(20(18)30)15-5-6-16(28)26-19(15)29/h3-4,7,9,15H,5-6,8H2,1-2H3,(H2,23,25,31)(H,26,28,29). The molecule has 1 aromatic carbocycles. The smallest absolute Gasteiger partial charge is 0.319 e. The van der Waals surface area contributed by atoms with Gasteiger partial charge in [0, 0.05) is 29.2 Å². The van der Waals surface area contributed by atoms with Gasteiger partial charge in [-0.3, -0.25) is 24.3 Å². The normalized spacial score (nSPS) is 16.2. The van der Waals surface area contributed by atoms with Gasteiger partial charge in [-0.05, 0) is 43.3 Å². The summed E-state index contributed by atoms with van der Waals surface area (Å²) in [6, 6.07) is 4.04. The molecule has 11 heteroatoms. The molecular weight excluding hydrogens is 454 g/mol. The first-order chi connectivity index (χ1) is 15.2. The topological polar surface area (TPSA) is 122 Å². The zero-order valence-corrected chi connectivity index (χ0v) is 18.9. The Balaban J connectivity index is 1.53. The van der Waals surface area contributed by atoms with Gasteiger partial charge in [0.15, 0.2) is 0 Å². The van der Waals surface area contributed by atoms with Crippen molar-refractivity contribution < 1.29 is 14.4 Å². The van der Waals surface area contributed by atoms with Crippen LogP contribution in [0.25, 0.3) is 10.2 Å². The van der Waals surface area contributed by atoms with Crippen molar-refractivity contribution in [3.63, 3.8) is 0 Å². The summed E-state index contributed by atoms with van der Waals surface area (Å²) in [6.45, 7) is 3.68. The fraction of sp³-hybridized carbons (Fsp3) is 0.286. The van der Waals surface area contributed by atoms with Gasteiger partial charge in [-0.25, -0.2) is 9.78 Å². The van der Waals surface area contributed by atoms with Gasteiger partial charge >= 0.3 is 6.03 Å². The third kappa shape index (κ3) is 4.23. The van der Waals surface area contributed by atoms with Crippen molar-refractivity contribution >= 4 is 56.7 Å². The lowest BCUT2D eigenvalue weighted by atomic mass is 10.1. The number of urea groups is 1. The molecule has 0 saturated carbocycles. The number of aryl methyl sites for hydroxylation is 2. The maximum absolute atomic E-state index is 13.1. The second-order valence-corrected chi connectivity index (χ2v) is 8.80. The summed E-state index contributed by atoms with van der Waals surface area (Å²) in [5.74, 6) is -0.476. The lowest BCUT2D eigenvalue weighted by molar-refractivity contribution is -0.135. The number of amides is 4. The maximum atomic E-state index is 13.1. The van der Waals surface area contributed by atoms with Crippen LogP contribution in [-0.2, 0) is 16.1 Å². The number of hydrogen-bond donors (Lipinski definition) is 3. The Kier molecular flexibility index (Phi) is 5.98. The van der Waals surface area contributed by atoms with Crippen LogP contribution in [0.1, 0.15) is 35.8 Å². The van der Waals surface area contributed by atoms with Crippen molar-refractivity contribution in [1.82, 2.24) is 20.2 Å². The van der Waals surface area contributed by atoms with E-state index in [1.54, 1.807) is 24.4 Å². The first-order valence-electron chi connectivity index (χ1n) is 9.88. The number of rotatable bonds is 4. The summed E-state index contributed by atoms with van der Waals surface area (Å²) in [7, 11) is 0. The molecule has 166 valence electrons. The van der Waals surface area contributed by atoms with Gasteiger partial charge in [0.05, 0.1) is 5.52 Å². The van der Waals surface area contributed by atoms with E-state index >= 15 is 0 Å². The molecular formula is C21H20ClN5O4S. The largest absolute Gasteiger partial charge is 0.334 e. The molecule has 0 spiro atoms. The van der Waals surface area contributed by atoms with Gasteiger partial charge in [0.1, 0.15) is 16.6 Å². The molecule has 0 bridgehead atoms. The average Bonchev–Trinajstić information content (AvgIpc) is 3.13. The Morgan fingerprint density at radius 2 is 2.09 bits per heavy atom. The number of nitrogens with zero attached hydrogens (tertiary/aromatic N) is 2. The minimum atomic E-state index is -0.770. The molecule has 1 atom stereocenters. The van der Waals surface area contributed by atoms with Crippen molar-refractivity contribution in [1.29, 1.82) is 0 Å². The Labute approximate surface area is 191 Å². The highest BCUT2D eigenvalue weighted by atomic mass is 35.5. The molecule has 1 saturated heterocycles. The number of halogens is 1. The van der Waals surface area contributed by atoms with Gasteiger partial charge in [-0.2, -0.15) is 0 Å². The highest BCUT2D eigenvalue weighted by Gasteiger charge is 2.31. The number of piperidine rings is 1. The quantitative estimate of drug-likeness (QED) is 0.503. The summed E-state index contributed by atoms with van der Waals surface area (Å²) in [4.78, 5) is 53.6. The highest BCUT2D eigenvalue weighted by molar-refractivity contribution is 7.17. The van der Waals surface area contributed by atoms with E-state index in [4.69, 9.17) is 11.6 Å². The van der Waals surface area contributed by atoms with Crippen LogP contribution in [0, 0.1) is 13.8 Å². The minimum absolute atomic E-state index is 0.166. The van der Waals surface area contributed by atoms with Gasteiger partial charge in [0.2, 0.25) is 11.8 Å². The number of thiophene rings is 1. The zero-order valence-electron chi connectivity index (χ0n) is 17.3. The van der Waals surface area contributed by atoms with Crippen LogP contribution in [0.4, 0.5) is 10.5 Å². The molecule has 3 heterocycles. The molecule has 9 nitrogen and oxygen atoms in total. The molecule has 2 aromatic heterocycles. The van der Waals surface area contributed by atoms with Gasteiger partial charge in [-0.1, -0.05) is 17.7 Å². The van der Waals surface area contributed by atoms with E-state index in [9.17, 15) is 19.2 Å². The fourth-order valence-electron chi connectivity index (χ4n) is 3.58. The number of fused-ring (bicyclic) bond motifs is 1. The minimum Gasteiger partial charge on any atom is -0.334 e. The van der Waals surface area contributed by atoms with Crippen LogP contribution in [0.2, 0.25) is 5.02 Å². The first-order valence-corrected chi connectivity index (χ1v) is 11.1. The lowest BCUT2D eigenvalue weighted by Gasteiger charge is -2.24. The predicted molar refractivity (Wildman–Crippen MR) is 122 cm³/mol. The van der Waals surface area contributed by atoms with Crippen LogP contribution in [-0.4, -0.2) is 27.4 Å². The van der Waals surface area contributed by atoms with Gasteiger partial charge in [0.25, 0.3) is 5.56 Å². The molecule has 1 unspecified atom stereocenters. The number of nitrogens with one attached hydrogen (secondary N) is 3.